The largest absolute Gasteiger partial charge is 0.497 e. The second-order valence-corrected chi connectivity index (χ2v) is 3.88. The van der Waals surface area contributed by atoms with Crippen LogP contribution in [0.2, 0.25) is 0 Å². The maximum Gasteiger partial charge on any atom is 0.122 e. The predicted octanol–water partition coefficient (Wildman–Crippen LogP) is 2.45. The number of hydrogen-bond donors (Lipinski definition) is 1. The molecule has 1 atom stereocenters. The summed E-state index contributed by atoms with van der Waals surface area (Å²) < 4.78 is 10.8. The van der Waals surface area contributed by atoms with E-state index < -0.39 is 0 Å². The molecule has 3 heteroatoms. The van der Waals surface area contributed by atoms with Crippen molar-refractivity contribution < 1.29 is 9.47 Å². The molecule has 0 aromatic heterocycles. The summed E-state index contributed by atoms with van der Waals surface area (Å²) in [6.45, 7) is 3.52. The first kappa shape index (κ1) is 12.8. The van der Waals surface area contributed by atoms with Crippen LogP contribution in [0.25, 0.3) is 0 Å². The second kappa shape index (κ2) is 7.12. The van der Waals surface area contributed by atoms with Crippen LogP contribution in [0.3, 0.4) is 0 Å². The Labute approximate surface area is 97.6 Å². The molecule has 0 heterocycles. The number of rotatable bonds is 7. The molecule has 1 unspecified atom stereocenters. The lowest BCUT2D eigenvalue weighted by Gasteiger charge is -2.15. The molecule has 0 saturated carbocycles. The van der Waals surface area contributed by atoms with Crippen LogP contribution in [0.4, 0.5) is 0 Å². The molecule has 1 aromatic rings. The molecule has 0 aliphatic heterocycles. The van der Waals surface area contributed by atoms with E-state index in [9.17, 15) is 0 Å². The lowest BCUT2D eigenvalue weighted by atomic mass is 10.1. The van der Waals surface area contributed by atoms with E-state index in [0.29, 0.717) is 19.1 Å². The summed E-state index contributed by atoms with van der Waals surface area (Å²) in [5, 5.41) is 0. The van der Waals surface area contributed by atoms with Crippen LogP contribution in [0.1, 0.15) is 19.8 Å². The molecule has 16 heavy (non-hydrogen) atoms. The van der Waals surface area contributed by atoms with Gasteiger partial charge in [0.1, 0.15) is 11.5 Å². The molecule has 1 aromatic carbocycles. The minimum Gasteiger partial charge on any atom is -0.497 e. The van der Waals surface area contributed by atoms with Crippen molar-refractivity contribution in [2.75, 3.05) is 20.3 Å². The molecule has 0 amide bonds. The van der Waals surface area contributed by atoms with Crippen LogP contribution >= 0.6 is 0 Å². The first-order valence-electron chi connectivity index (χ1n) is 5.77. The van der Waals surface area contributed by atoms with Crippen molar-refractivity contribution in [3.8, 4) is 11.5 Å². The molecule has 0 aliphatic carbocycles. The van der Waals surface area contributed by atoms with Crippen molar-refractivity contribution in [3.05, 3.63) is 24.3 Å². The Kier molecular flexibility index (Phi) is 5.72. The fourth-order valence-electron chi connectivity index (χ4n) is 1.58. The highest BCUT2D eigenvalue weighted by Crippen LogP contribution is 2.19. The zero-order valence-corrected chi connectivity index (χ0v) is 10.1. The Morgan fingerprint density at radius 3 is 2.69 bits per heavy atom. The minimum absolute atomic E-state index is 0.441. The number of benzene rings is 1. The molecule has 0 radical (unpaired) electrons. The summed E-state index contributed by atoms with van der Waals surface area (Å²) in [6.07, 6.45) is 2.25. The molecule has 0 bridgehead atoms. The normalized spacial score (nSPS) is 12.2. The Balaban J connectivity index is 2.46. The van der Waals surface area contributed by atoms with Gasteiger partial charge in [-0.3, -0.25) is 0 Å². The van der Waals surface area contributed by atoms with Gasteiger partial charge in [-0.25, -0.2) is 0 Å². The average molecular weight is 223 g/mol. The maximum atomic E-state index is 5.69. The fourth-order valence-corrected chi connectivity index (χ4v) is 1.58. The summed E-state index contributed by atoms with van der Waals surface area (Å²) in [6, 6.07) is 7.65. The van der Waals surface area contributed by atoms with Gasteiger partial charge in [-0.05, 0) is 25.1 Å². The molecule has 90 valence electrons. The van der Waals surface area contributed by atoms with E-state index in [-0.39, 0.29) is 0 Å². The van der Waals surface area contributed by atoms with E-state index in [1.807, 2.05) is 24.3 Å². The third-order valence-corrected chi connectivity index (χ3v) is 2.56. The SMILES string of the molecule is CCCC(CN)COc1cccc(OC)c1. The Morgan fingerprint density at radius 1 is 1.31 bits per heavy atom. The molecule has 2 N–H and O–H groups in total. The van der Waals surface area contributed by atoms with Gasteiger partial charge in [0, 0.05) is 12.0 Å². The molecule has 1 rings (SSSR count). The Bertz CT molecular complexity index is 302. The third kappa shape index (κ3) is 4.11. The van der Waals surface area contributed by atoms with Gasteiger partial charge in [0.25, 0.3) is 0 Å². The fraction of sp³-hybridized carbons (Fsp3) is 0.538. The van der Waals surface area contributed by atoms with E-state index in [0.717, 1.165) is 24.3 Å². The van der Waals surface area contributed by atoms with Gasteiger partial charge in [-0.2, -0.15) is 0 Å². The number of nitrogens with two attached hydrogens (primary N) is 1. The van der Waals surface area contributed by atoms with Crippen molar-refractivity contribution in [2.45, 2.75) is 19.8 Å². The summed E-state index contributed by atoms with van der Waals surface area (Å²) in [5.41, 5.74) is 5.67. The molecule has 0 aliphatic rings. The van der Waals surface area contributed by atoms with Crippen molar-refractivity contribution in [2.24, 2.45) is 11.7 Å². The summed E-state index contributed by atoms with van der Waals surface area (Å²) in [5.74, 6) is 2.10. The molecular formula is C13H21NO2. The van der Waals surface area contributed by atoms with Crippen LogP contribution in [0.5, 0.6) is 11.5 Å². The van der Waals surface area contributed by atoms with Crippen LogP contribution in [-0.2, 0) is 0 Å². The second-order valence-electron chi connectivity index (χ2n) is 3.88. The van der Waals surface area contributed by atoms with Gasteiger partial charge in [-0.1, -0.05) is 19.4 Å². The van der Waals surface area contributed by atoms with E-state index >= 15 is 0 Å². The van der Waals surface area contributed by atoms with Gasteiger partial charge >= 0.3 is 0 Å². The third-order valence-electron chi connectivity index (χ3n) is 2.56. The quantitative estimate of drug-likeness (QED) is 0.772. The maximum absolute atomic E-state index is 5.69. The van der Waals surface area contributed by atoms with Gasteiger partial charge in [0.15, 0.2) is 0 Å². The number of methoxy groups -OCH3 is 1. The summed E-state index contributed by atoms with van der Waals surface area (Å²) in [4.78, 5) is 0. The molecular weight excluding hydrogens is 202 g/mol. The van der Waals surface area contributed by atoms with Gasteiger partial charge in [0.2, 0.25) is 0 Å². The van der Waals surface area contributed by atoms with Gasteiger partial charge in [-0.15, -0.1) is 0 Å². The predicted molar refractivity (Wildman–Crippen MR) is 65.9 cm³/mol. The van der Waals surface area contributed by atoms with E-state index in [1.54, 1.807) is 7.11 Å². The lowest BCUT2D eigenvalue weighted by molar-refractivity contribution is 0.242. The summed E-state index contributed by atoms with van der Waals surface area (Å²) >= 11 is 0. The molecule has 3 nitrogen and oxygen atoms in total. The molecule has 0 fully saturated rings. The van der Waals surface area contributed by atoms with Crippen LogP contribution in [0.15, 0.2) is 24.3 Å². The Hall–Kier alpha value is -1.22. The minimum atomic E-state index is 0.441. The van der Waals surface area contributed by atoms with Crippen molar-refractivity contribution in [3.63, 3.8) is 0 Å². The molecule has 0 spiro atoms. The van der Waals surface area contributed by atoms with Crippen LogP contribution < -0.4 is 15.2 Å². The lowest BCUT2D eigenvalue weighted by Crippen LogP contribution is -2.21. The number of ether oxygens (including phenoxy) is 2. The van der Waals surface area contributed by atoms with E-state index in [4.69, 9.17) is 15.2 Å². The smallest absolute Gasteiger partial charge is 0.122 e. The topological polar surface area (TPSA) is 44.5 Å². The van der Waals surface area contributed by atoms with E-state index in [1.165, 1.54) is 0 Å². The van der Waals surface area contributed by atoms with Crippen molar-refractivity contribution >= 4 is 0 Å². The van der Waals surface area contributed by atoms with Gasteiger partial charge < -0.3 is 15.2 Å². The van der Waals surface area contributed by atoms with Crippen molar-refractivity contribution in [1.29, 1.82) is 0 Å². The highest BCUT2D eigenvalue weighted by Gasteiger charge is 2.06. The average Bonchev–Trinajstić information content (AvgIpc) is 2.34. The summed E-state index contributed by atoms with van der Waals surface area (Å²) in [7, 11) is 1.65. The standard InChI is InChI=1S/C13H21NO2/c1-3-5-11(9-14)10-16-13-7-4-6-12(8-13)15-2/h4,6-8,11H,3,5,9-10,14H2,1-2H3. The highest BCUT2D eigenvalue weighted by molar-refractivity contribution is 5.32. The van der Waals surface area contributed by atoms with Crippen molar-refractivity contribution in [1.82, 2.24) is 0 Å². The first-order chi connectivity index (χ1) is 7.80. The van der Waals surface area contributed by atoms with Gasteiger partial charge in [0.05, 0.1) is 13.7 Å². The monoisotopic (exact) mass is 223 g/mol. The zero-order valence-electron chi connectivity index (χ0n) is 10.1. The van der Waals surface area contributed by atoms with Crippen LogP contribution in [0, 0.1) is 5.92 Å². The first-order valence-corrected chi connectivity index (χ1v) is 5.77. The van der Waals surface area contributed by atoms with E-state index in [2.05, 4.69) is 6.92 Å². The zero-order chi connectivity index (χ0) is 11.8. The highest BCUT2D eigenvalue weighted by atomic mass is 16.5. The number of hydrogen-bond acceptors (Lipinski definition) is 3. The van der Waals surface area contributed by atoms with Crippen LogP contribution in [-0.4, -0.2) is 20.3 Å². The molecule has 0 saturated heterocycles. The Morgan fingerprint density at radius 2 is 2.06 bits per heavy atom.